The molecule has 1 aliphatic carbocycles. The van der Waals surface area contributed by atoms with Crippen molar-refractivity contribution in [1.82, 2.24) is 4.90 Å². The van der Waals surface area contributed by atoms with Crippen molar-refractivity contribution in [2.75, 3.05) is 13.2 Å². The Morgan fingerprint density at radius 2 is 1.80 bits per heavy atom. The van der Waals surface area contributed by atoms with E-state index in [1.165, 1.54) is 0 Å². The van der Waals surface area contributed by atoms with Gasteiger partial charge in [0.15, 0.2) is 0 Å². The minimum atomic E-state index is -0.810. The average molecular weight is 354 g/mol. The number of fused-ring (bicyclic) bond motifs is 1. The summed E-state index contributed by atoms with van der Waals surface area (Å²) in [6.45, 7) is 4.05. The normalized spacial score (nSPS) is 26.7. The number of carbonyl (C=O) groups excluding carboxylic acids is 3. The van der Waals surface area contributed by atoms with Crippen molar-refractivity contribution in [3.63, 3.8) is 0 Å². The fourth-order valence-electron chi connectivity index (χ4n) is 4.04. The van der Waals surface area contributed by atoms with Gasteiger partial charge in [0.2, 0.25) is 5.91 Å². The van der Waals surface area contributed by atoms with Crippen LogP contribution in [-0.2, 0) is 23.9 Å². The third kappa shape index (κ3) is 4.71. The number of amides is 1. The molecule has 0 aromatic carbocycles. The smallest absolute Gasteiger partial charge is 0.328 e. The Bertz CT molecular complexity index is 496. The number of nitrogens with two attached hydrogens (primary N) is 1. The van der Waals surface area contributed by atoms with E-state index < -0.39 is 18.1 Å². The second-order valence-corrected chi connectivity index (χ2v) is 6.81. The summed E-state index contributed by atoms with van der Waals surface area (Å²) < 4.78 is 10.1. The van der Waals surface area contributed by atoms with Crippen LogP contribution in [0.3, 0.4) is 0 Å². The largest absolute Gasteiger partial charge is 0.465 e. The zero-order valence-electron chi connectivity index (χ0n) is 15.2. The van der Waals surface area contributed by atoms with Crippen LogP contribution in [0.15, 0.2) is 0 Å². The summed E-state index contributed by atoms with van der Waals surface area (Å²) in [4.78, 5) is 38.5. The number of esters is 2. The highest BCUT2D eigenvalue weighted by Crippen LogP contribution is 2.40. The minimum Gasteiger partial charge on any atom is -0.465 e. The van der Waals surface area contributed by atoms with Gasteiger partial charge in [-0.1, -0.05) is 12.8 Å². The fourth-order valence-corrected chi connectivity index (χ4v) is 4.04. The van der Waals surface area contributed by atoms with Crippen LogP contribution in [0.5, 0.6) is 0 Å². The van der Waals surface area contributed by atoms with E-state index in [-0.39, 0.29) is 37.4 Å². The Morgan fingerprint density at radius 3 is 2.48 bits per heavy atom. The molecule has 0 spiro atoms. The molecule has 7 nitrogen and oxygen atoms in total. The van der Waals surface area contributed by atoms with Crippen molar-refractivity contribution < 1.29 is 23.9 Å². The van der Waals surface area contributed by atoms with E-state index >= 15 is 0 Å². The molecule has 7 heteroatoms. The summed E-state index contributed by atoms with van der Waals surface area (Å²) in [6, 6.07) is -1.21. The lowest BCUT2D eigenvalue weighted by molar-refractivity contribution is -0.154. The molecule has 1 saturated carbocycles. The third-order valence-corrected chi connectivity index (χ3v) is 5.19. The second-order valence-electron chi connectivity index (χ2n) is 6.81. The first-order valence-corrected chi connectivity index (χ1v) is 9.39. The lowest BCUT2D eigenvalue weighted by atomic mass is 9.84. The number of rotatable bonds is 7. The molecule has 25 heavy (non-hydrogen) atoms. The molecule has 1 saturated heterocycles. The molecule has 0 aromatic rings. The number of hydrogen-bond acceptors (Lipinski definition) is 6. The van der Waals surface area contributed by atoms with Crippen LogP contribution in [-0.4, -0.2) is 54.1 Å². The molecule has 4 atom stereocenters. The average Bonchev–Trinajstić information content (AvgIpc) is 2.99. The Balaban J connectivity index is 2.02. The quantitative estimate of drug-likeness (QED) is 0.694. The molecule has 0 radical (unpaired) electrons. The Kier molecular flexibility index (Phi) is 7.23. The number of carbonyl (C=O) groups is 3. The van der Waals surface area contributed by atoms with E-state index in [9.17, 15) is 14.4 Å². The molecule has 0 aromatic heterocycles. The standard InChI is InChI=1S/C18H30N2O5/c1-3-24-17(22)13(19)9-10-16(21)20-14-8-6-5-7-12(14)11-15(20)18(23)25-4-2/h12-15H,3-11,19H2,1-2H3/t12-,13+,14-,15-/m0/s1. The highest BCUT2D eigenvalue weighted by atomic mass is 16.5. The summed E-state index contributed by atoms with van der Waals surface area (Å²) in [5.74, 6) is -0.563. The summed E-state index contributed by atoms with van der Waals surface area (Å²) in [5.41, 5.74) is 5.79. The van der Waals surface area contributed by atoms with Crippen molar-refractivity contribution in [1.29, 1.82) is 0 Å². The number of ether oxygens (including phenoxy) is 2. The Morgan fingerprint density at radius 1 is 1.12 bits per heavy atom. The van der Waals surface area contributed by atoms with Gasteiger partial charge in [0, 0.05) is 12.5 Å². The lowest BCUT2D eigenvalue weighted by Gasteiger charge is -2.33. The molecule has 1 aliphatic heterocycles. The molecule has 0 bridgehead atoms. The summed E-state index contributed by atoms with van der Waals surface area (Å²) >= 11 is 0. The maximum Gasteiger partial charge on any atom is 0.328 e. The highest BCUT2D eigenvalue weighted by Gasteiger charge is 2.47. The SMILES string of the molecule is CCOC(=O)[C@H](N)CCC(=O)N1[C@H](C(=O)OCC)C[C@@H]2CCCC[C@@H]21. The van der Waals surface area contributed by atoms with Gasteiger partial charge in [-0.3, -0.25) is 9.59 Å². The Hall–Kier alpha value is -1.63. The summed E-state index contributed by atoms with van der Waals surface area (Å²) in [6.07, 6.45) is 5.23. The van der Waals surface area contributed by atoms with Crippen LogP contribution in [0.1, 0.15) is 58.8 Å². The highest BCUT2D eigenvalue weighted by molar-refractivity contribution is 5.86. The molecular formula is C18H30N2O5. The van der Waals surface area contributed by atoms with Gasteiger partial charge >= 0.3 is 11.9 Å². The van der Waals surface area contributed by atoms with E-state index in [2.05, 4.69) is 0 Å². The maximum atomic E-state index is 12.8. The molecule has 2 aliphatic rings. The maximum absolute atomic E-state index is 12.8. The van der Waals surface area contributed by atoms with Gasteiger partial charge in [0.05, 0.1) is 13.2 Å². The molecule has 2 N–H and O–H groups in total. The molecular weight excluding hydrogens is 324 g/mol. The van der Waals surface area contributed by atoms with E-state index in [0.717, 1.165) is 25.7 Å². The van der Waals surface area contributed by atoms with Gasteiger partial charge in [-0.2, -0.15) is 0 Å². The van der Waals surface area contributed by atoms with E-state index in [1.807, 2.05) is 0 Å². The van der Waals surface area contributed by atoms with Crippen molar-refractivity contribution in [3.05, 3.63) is 0 Å². The molecule has 142 valence electrons. The van der Waals surface area contributed by atoms with E-state index in [1.54, 1.807) is 18.7 Å². The lowest BCUT2D eigenvalue weighted by Crippen LogP contribution is -2.47. The van der Waals surface area contributed by atoms with Crippen LogP contribution in [0, 0.1) is 5.92 Å². The van der Waals surface area contributed by atoms with Gasteiger partial charge in [-0.05, 0) is 45.4 Å². The monoisotopic (exact) mass is 354 g/mol. The topological polar surface area (TPSA) is 98.9 Å². The zero-order chi connectivity index (χ0) is 18.4. The van der Waals surface area contributed by atoms with Crippen LogP contribution >= 0.6 is 0 Å². The van der Waals surface area contributed by atoms with Gasteiger partial charge in [0.1, 0.15) is 12.1 Å². The first kappa shape index (κ1) is 19.7. The fraction of sp³-hybridized carbons (Fsp3) is 0.833. The van der Waals surface area contributed by atoms with Gasteiger partial charge in [0.25, 0.3) is 0 Å². The summed E-state index contributed by atoms with van der Waals surface area (Å²) in [5, 5.41) is 0. The second kappa shape index (κ2) is 9.17. The zero-order valence-corrected chi connectivity index (χ0v) is 15.2. The molecule has 0 unspecified atom stereocenters. The molecule has 2 rings (SSSR count). The first-order valence-electron chi connectivity index (χ1n) is 9.39. The number of hydrogen-bond donors (Lipinski definition) is 1. The Labute approximate surface area is 149 Å². The minimum absolute atomic E-state index is 0.106. The van der Waals surface area contributed by atoms with Crippen molar-refractivity contribution >= 4 is 17.8 Å². The van der Waals surface area contributed by atoms with Crippen LogP contribution in [0.2, 0.25) is 0 Å². The van der Waals surface area contributed by atoms with Gasteiger partial charge < -0.3 is 20.1 Å². The number of likely N-dealkylation sites (tertiary alicyclic amines) is 1. The first-order chi connectivity index (χ1) is 12.0. The van der Waals surface area contributed by atoms with Crippen LogP contribution < -0.4 is 5.73 Å². The predicted molar refractivity (Wildman–Crippen MR) is 91.5 cm³/mol. The molecule has 1 amide bonds. The summed E-state index contributed by atoms with van der Waals surface area (Å²) in [7, 11) is 0. The van der Waals surface area contributed by atoms with Gasteiger partial charge in [-0.15, -0.1) is 0 Å². The van der Waals surface area contributed by atoms with Gasteiger partial charge in [-0.25, -0.2) is 4.79 Å². The predicted octanol–water partition coefficient (Wildman–Crippen LogP) is 1.38. The van der Waals surface area contributed by atoms with E-state index in [0.29, 0.717) is 18.9 Å². The van der Waals surface area contributed by atoms with Crippen molar-refractivity contribution in [3.8, 4) is 0 Å². The third-order valence-electron chi connectivity index (χ3n) is 5.19. The molecule has 1 heterocycles. The number of nitrogens with zero attached hydrogens (tertiary/aromatic N) is 1. The van der Waals surface area contributed by atoms with Crippen LogP contribution in [0.4, 0.5) is 0 Å². The molecule has 2 fully saturated rings. The van der Waals surface area contributed by atoms with Crippen molar-refractivity contribution in [2.24, 2.45) is 11.7 Å². The van der Waals surface area contributed by atoms with Crippen LogP contribution in [0.25, 0.3) is 0 Å². The van der Waals surface area contributed by atoms with E-state index in [4.69, 9.17) is 15.2 Å². The van der Waals surface area contributed by atoms with Crippen molar-refractivity contribution in [2.45, 2.75) is 76.9 Å².